The Morgan fingerprint density at radius 1 is 1.08 bits per heavy atom. The highest BCUT2D eigenvalue weighted by atomic mass is 16.5. The molecule has 2 rings (SSSR count). The zero-order chi connectivity index (χ0) is 17.5. The first-order valence-electron chi connectivity index (χ1n) is 8.19. The lowest BCUT2D eigenvalue weighted by Gasteiger charge is -2.21. The number of carbonyl (C=O) groups excluding carboxylic acids is 2. The molecule has 1 N–H and O–H groups in total. The third kappa shape index (κ3) is 4.44. The van der Waals surface area contributed by atoms with E-state index in [0.717, 1.165) is 25.9 Å². The van der Waals surface area contributed by atoms with Crippen molar-refractivity contribution < 1.29 is 14.1 Å². The molecule has 2 aromatic rings. The number of nitrogens with one attached hydrogen (secondary N) is 1. The molecule has 0 atom stereocenters. The van der Waals surface area contributed by atoms with E-state index in [9.17, 15) is 9.59 Å². The maximum Gasteiger partial charge on any atom is 0.256 e. The minimum absolute atomic E-state index is 0.00205. The SMILES string of the molecule is CCCN(CCC)C(=O)c1ccc(C(=O)Nc2cc(C)on2)cc1. The third-order valence-electron chi connectivity index (χ3n) is 3.54. The van der Waals surface area contributed by atoms with Crippen molar-refractivity contribution in [2.45, 2.75) is 33.6 Å². The summed E-state index contributed by atoms with van der Waals surface area (Å²) in [5.74, 6) is 0.701. The molecule has 0 fully saturated rings. The summed E-state index contributed by atoms with van der Waals surface area (Å²) in [7, 11) is 0. The van der Waals surface area contributed by atoms with Crippen LogP contribution >= 0.6 is 0 Å². The summed E-state index contributed by atoms with van der Waals surface area (Å²) in [4.78, 5) is 26.5. The zero-order valence-electron chi connectivity index (χ0n) is 14.3. The van der Waals surface area contributed by atoms with E-state index in [1.54, 1.807) is 37.3 Å². The summed E-state index contributed by atoms with van der Waals surface area (Å²) in [6, 6.07) is 8.30. The monoisotopic (exact) mass is 329 g/mol. The fourth-order valence-electron chi connectivity index (χ4n) is 2.42. The van der Waals surface area contributed by atoms with E-state index in [0.29, 0.717) is 22.7 Å². The minimum Gasteiger partial charge on any atom is -0.360 e. The molecule has 6 heteroatoms. The molecule has 0 aliphatic carbocycles. The Labute approximate surface area is 141 Å². The number of aromatic nitrogens is 1. The normalized spacial score (nSPS) is 10.5. The van der Waals surface area contributed by atoms with Gasteiger partial charge < -0.3 is 14.7 Å². The van der Waals surface area contributed by atoms with Gasteiger partial charge >= 0.3 is 0 Å². The third-order valence-corrected chi connectivity index (χ3v) is 3.54. The fraction of sp³-hybridized carbons (Fsp3) is 0.389. The Bertz CT molecular complexity index is 686. The van der Waals surface area contributed by atoms with Crippen molar-refractivity contribution >= 4 is 17.6 Å². The molecule has 24 heavy (non-hydrogen) atoms. The van der Waals surface area contributed by atoms with Crippen LogP contribution in [0.15, 0.2) is 34.9 Å². The summed E-state index contributed by atoms with van der Waals surface area (Å²) in [6.07, 6.45) is 1.84. The van der Waals surface area contributed by atoms with Crippen LogP contribution in [0.4, 0.5) is 5.82 Å². The van der Waals surface area contributed by atoms with Crippen LogP contribution in [0.5, 0.6) is 0 Å². The molecule has 1 aromatic heterocycles. The second kappa shape index (κ2) is 8.29. The molecule has 0 bridgehead atoms. The fourth-order valence-corrected chi connectivity index (χ4v) is 2.42. The second-order valence-corrected chi connectivity index (χ2v) is 5.65. The van der Waals surface area contributed by atoms with Crippen LogP contribution in [0.3, 0.4) is 0 Å². The second-order valence-electron chi connectivity index (χ2n) is 5.65. The molecule has 0 spiro atoms. The summed E-state index contributed by atoms with van der Waals surface area (Å²) < 4.78 is 4.91. The van der Waals surface area contributed by atoms with Gasteiger partial charge in [0.05, 0.1) is 0 Å². The van der Waals surface area contributed by atoms with Gasteiger partial charge in [0.1, 0.15) is 5.76 Å². The van der Waals surface area contributed by atoms with Crippen molar-refractivity contribution in [3.05, 3.63) is 47.2 Å². The van der Waals surface area contributed by atoms with E-state index in [4.69, 9.17) is 4.52 Å². The average molecular weight is 329 g/mol. The summed E-state index contributed by atoms with van der Waals surface area (Å²) >= 11 is 0. The maximum absolute atomic E-state index is 12.5. The van der Waals surface area contributed by atoms with Crippen molar-refractivity contribution in [2.75, 3.05) is 18.4 Å². The molecule has 2 amide bonds. The van der Waals surface area contributed by atoms with Gasteiger partial charge in [-0.05, 0) is 44.0 Å². The predicted molar refractivity (Wildman–Crippen MR) is 92.1 cm³/mol. The van der Waals surface area contributed by atoms with Gasteiger partial charge in [0, 0.05) is 30.3 Å². The molecular formula is C18H23N3O3. The van der Waals surface area contributed by atoms with Crippen molar-refractivity contribution in [1.82, 2.24) is 10.1 Å². The molecular weight excluding hydrogens is 306 g/mol. The van der Waals surface area contributed by atoms with E-state index in [2.05, 4.69) is 24.3 Å². The lowest BCUT2D eigenvalue weighted by molar-refractivity contribution is 0.0755. The maximum atomic E-state index is 12.5. The van der Waals surface area contributed by atoms with Crippen LogP contribution in [-0.2, 0) is 0 Å². The molecule has 0 aliphatic heterocycles. The minimum atomic E-state index is -0.290. The molecule has 0 aliphatic rings. The first-order chi connectivity index (χ1) is 11.5. The van der Waals surface area contributed by atoms with Crippen molar-refractivity contribution in [2.24, 2.45) is 0 Å². The summed E-state index contributed by atoms with van der Waals surface area (Å²) in [6.45, 7) is 7.33. The lowest BCUT2D eigenvalue weighted by atomic mass is 10.1. The lowest BCUT2D eigenvalue weighted by Crippen LogP contribution is -2.32. The van der Waals surface area contributed by atoms with Gasteiger partial charge in [0.25, 0.3) is 11.8 Å². The van der Waals surface area contributed by atoms with Gasteiger partial charge in [0.15, 0.2) is 5.82 Å². The largest absolute Gasteiger partial charge is 0.360 e. The van der Waals surface area contributed by atoms with Gasteiger partial charge in [-0.3, -0.25) is 9.59 Å². The quantitative estimate of drug-likeness (QED) is 0.843. The number of anilines is 1. The number of benzene rings is 1. The number of hydrogen-bond donors (Lipinski definition) is 1. The predicted octanol–water partition coefficient (Wildman–Crippen LogP) is 3.50. The Morgan fingerprint density at radius 3 is 2.17 bits per heavy atom. The smallest absolute Gasteiger partial charge is 0.256 e. The van der Waals surface area contributed by atoms with E-state index in [1.165, 1.54) is 0 Å². The molecule has 128 valence electrons. The Hall–Kier alpha value is -2.63. The summed E-state index contributed by atoms with van der Waals surface area (Å²) in [5.41, 5.74) is 1.05. The average Bonchev–Trinajstić information content (AvgIpc) is 2.99. The first kappa shape index (κ1) is 17.7. The Balaban J connectivity index is 2.06. The number of carbonyl (C=O) groups is 2. The van der Waals surface area contributed by atoms with Gasteiger partial charge in [0.2, 0.25) is 0 Å². The van der Waals surface area contributed by atoms with Gasteiger partial charge in [-0.2, -0.15) is 0 Å². The standard InChI is InChI=1S/C18H23N3O3/c1-4-10-21(11-5-2)18(23)15-8-6-14(7-9-15)17(22)19-16-12-13(3)24-20-16/h6-9,12H,4-5,10-11H2,1-3H3,(H,19,20,22). The molecule has 0 radical (unpaired) electrons. The molecule has 1 heterocycles. The molecule has 0 unspecified atom stereocenters. The van der Waals surface area contributed by atoms with Crippen LogP contribution in [0.1, 0.15) is 53.2 Å². The molecule has 1 aromatic carbocycles. The number of rotatable bonds is 7. The topological polar surface area (TPSA) is 75.4 Å². The zero-order valence-corrected chi connectivity index (χ0v) is 14.3. The number of nitrogens with zero attached hydrogens (tertiary/aromatic N) is 2. The van der Waals surface area contributed by atoms with Crippen LogP contribution in [0.2, 0.25) is 0 Å². The molecule has 6 nitrogen and oxygen atoms in total. The molecule has 0 saturated carbocycles. The summed E-state index contributed by atoms with van der Waals surface area (Å²) in [5, 5.41) is 6.38. The Kier molecular flexibility index (Phi) is 6.12. The van der Waals surface area contributed by atoms with Crippen molar-refractivity contribution in [3.8, 4) is 0 Å². The van der Waals surface area contributed by atoms with Gasteiger partial charge in [-0.1, -0.05) is 19.0 Å². The van der Waals surface area contributed by atoms with Gasteiger partial charge in [-0.15, -0.1) is 0 Å². The van der Waals surface area contributed by atoms with Crippen LogP contribution in [-0.4, -0.2) is 35.0 Å². The number of hydrogen-bond acceptors (Lipinski definition) is 4. The first-order valence-corrected chi connectivity index (χ1v) is 8.19. The number of aryl methyl sites for hydroxylation is 1. The van der Waals surface area contributed by atoms with Crippen LogP contribution in [0.25, 0.3) is 0 Å². The van der Waals surface area contributed by atoms with Gasteiger partial charge in [-0.25, -0.2) is 0 Å². The highest BCUT2D eigenvalue weighted by Gasteiger charge is 2.15. The highest BCUT2D eigenvalue weighted by molar-refractivity contribution is 6.04. The number of amides is 2. The Morgan fingerprint density at radius 2 is 1.67 bits per heavy atom. The van der Waals surface area contributed by atoms with E-state index in [-0.39, 0.29) is 11.8 Å². The van der Waals surface area contributed by atoms with Crippen LogP contribution in [0, 0.1) is 6.92 Å². The van der Waals surface area contributed by atoms with Crippen molar-refractivity contribution in [3.63, 3.8) is 0 Å². The van der Waals surface area contributed by atoms with Crippen molar-refractivity contribution in [1.29, 1.82) is 0 Å². The highest BCUT2D eigenvalue weighted by Crippen LogP contribution is 2.12. The van der Waals surface area contributed by atoms with Crippen LogP contribution < -0.4 is 5.32 Å². The molecule has 0 saturated heterocycles. The van der Waals surface area contributed by atoms with E-state index in [1.807, 2.05) is 4.90 Å². The van der Waals surface area contributed by atoms with E-state index >= 15 is 0 Å². The van der Waals surface area contributed by atoms with E-state index < -0.39 is 0 Å².